The number of ether oxygens (including phenoxy) is 1. The van der Waals surface area contributed by atoms with Crippen LogP contribution in [0.5, 0.6) is 5.75 Å². The number of hydrogen-bond acceptors (Lipinski definition) is 2. The number of hydrogen-bond donors (Lipinski definition) is 0. The van der Waals surface area contributed by atoms with Gasteiger partial charge in [0.05, 0.1) is 18.0 Å². The quantitative estimate of drug-likeness (QED) is 0.731. The Morgan fingerprint density at radius 3 is 2.95 bits per heavy atom. The summed E-state index contributed by atoms with van der Waals surface area (Å²) in [6.45, 7) is 4.90. The molecule has 3 nitrogen and oxygen atoms in total. The number of alkyl halides is 1. The number of para-hydroxylation sites is 1. The summed E-state index contributed by atoms with van der Waals surface area (Å²) in [6, 6.07) is 6.73. The van der Waals surface area contributed by atoms with Crippen molar-refractivity contribution in [3.05, 3.63) is 24.0 Å². The van der Waals surface area contributed by atoms with Crippen molar-refractivity contribution in [2.45, 2.75) is 45.0 Å². The summed E-state index contributed by atoms with van der Waals surface area (Å²) >= 11 is 6.11. The zero-order valence-corrected chi connectivity index (χ0v) is 12.9. The molecule has 2 unspecified atom stereocenters. The summed E-state index contributed by atoms with van der Waals surface area (Å²) in [7, 11) is 0. The molecule has 2 aromatic rings. The van der Waals surface area contributed by atoms with Gasteiger partial charge in [-0.15, -0.1) is 11.6 Å². The molecule has 1 aliphatic carbocycles. The number of rotatable bonds is 6. The fraction of sp³-hybridized carbons (Fsp3) is 0.562. The molecule has 4 heteroatoms. The highest BCUT2D eigenvalue weighted by Gasteiger charge is 2.39. The van der Waals surface area contributed by atoms with Gasteiger partial charge < -0.3 is 9.30 Å². The molecule has 0 spiro atoms. The zero-order valence-electron chi connectivity index (χ0n) is 12.1. The van der Waals surface area contributed by atoms with Crippen LogP contribution < -0.4 is 4.74 Å². The molecular formula is C16H21ClN2O. The van der Waals surface area contributed by atoms with Crippen LogP contribution >= 0.6 is 11.6 Å². The fourth-order valence-corrected chi connectivity index (χ4v) is 3.29. The van der Waals surface area contributed by atoms with Crippen LogP contribution in [0.15, 0.2) is 18.2 Å². The molecule has 0 N–H and O–H groups in total. The van der Waals surface area contributed by atoms with Gasteiger partial charge in [0.1, 0.15) is 17.1 Å². The van der Waals surface area contributed by atoms with Gasteiger partial charge in [0.25, 0.3) is 0 Å². The van der Waals surface area contributed by atoms with Gasteiger partial charge in [-0.3, -0.25) is 0 Å². The maximum atomic E-state index is 6.11. The summed E-state index contributed by atoms with van der Waals surface area (Å²) < 4.78 is 8.03. The lowest BCUT2D eigenvalue weighted by atomic mass is 10.2. The molecule has 1 aromatic carbocycles. The lowest BCUT2D eigenvalue weighted by molar-refractivity contribution is 0.343. The molecule has 1 heterocycles. The van der Waals surface area contributed by atoms with Crippen molar-refractivity contribution in [1.29, 1.82) is 0 Å². The minimum absolute atomic E-state index is 0.454. The molecule has 1 fully saturated rings. The lowest BCUT2D eigenvalue weighted by Gasteiger charge is -2.08. The van der Waals surface area contributed by atoms with Crippen LogP contribution in [0.4, 0.5) is 0 Å². The molecule has 1 aromatic heterocycles. The van der Waals surface area contributed by atoms with Crippen LogP contribution in [0.25, 0.3) is 11.0 Å². The van der Waals surface area contributed by atoms with Crippen molar-refractivity contribution in [3.8, 4) is 5.75 Å². The molecule has 2 atom stereocenters. The van der Waals surface area contributed by atoms with Crippen LogP contribution in [0, 0.1) is 5.92 Å². The second kappa shape index (κ2) is 5.65. The SMILES string of the molecule is CCCC1CC1n1c(CCl)nc2c(OCC)cccc21. The molecule has 0 radical (unpaired) electrons. The Kier molecular flexibility index (Phi) is 3.88. The predicted molar refractivity (Wildman–Crippen MR) is 82.5 cm³/mol. The van der Waals surface area contributed by atoms with E-state index in [0.29, 0.717) is 18.5 Å². The monoisotopic (exact) mass is 292 g/mol. The van der Waals surface area contributed by atoms with Crippen molar-refractivity contribution in [2.24, 2.45) is 5.92 Å². The molecule has 0 aliphatic heterocycles. The van der Waals surface area contributed by atoms with Crippen molar-refractivity contribution >= 4 is 22.6 Å². The number of fused-ring (bicyclic) bond motifs is 1. The normalized spacial score (nSPS) is 21.4. The molecule has 0 bridgehead atoms. The van der Waals surface area contributed by atoms with E-state index in [9.17, 15) is 0 Å². The average molecular weight is 293 g/mol. The highest BCUT2D eigenvalue weighted by atomic mass is 35.5. The second-order valence-corrected chi connectivity index (χ2v) is 5.71. The minimum Gasteiger partial charge on any atom is -0.492 e. The standard InChI is InChI=1S/C16H21ClN2O/c1-3-6-11-9-13(11)19-12-7-5-8-14(20-4-2)16(12)18-15(19)10-17/h5,7-8,11,13H,3-4,6,9-10H2,1-2H3. The Balaban J connectivity index is 2.04. The third-order valence-corrected chi connectivity index (χ3v) is 4.29. The summed E-state index contributed by atoms with van der Waals surface area (Å²) in [5, 5.41) is 0. The Labute approximate surface area is 124 Å². The Hall–Kier alpha value is -1.22. The molecule has 0 amide bonds. The van der Waals surface area contributed by atoms with Gasteiger partial charge in [0.2, 0.25) is 0 Å². The first-order chi connectivity index (χ1) is 9.80. The van der Waals surface area contributed by atoms with Crippen molar-refractivity contribution in [3.63, 3.8) is 0 Å². The predicted octanol–water partition coefficient (Wildman–Crippen LogP) is 4.53. The van der Waals surface area contributed by atoms with Gasteiger partial charge in [-0.05, 0) is 37.8 Å². The topological polar surface area (TPSA) is 27.1 Å². The lowest BCUT2D eigenvalue weighted by Crippen LogP contribution is -2.01. The van der Waals surface area contributed by atoms with Gasteiger partial charge in [-0.1, -0.05) is 19.4 Å². The van der Waals surface area contributed by atoms with Crippen LogP contribution in [0.2, 0.25) is 0 Å². The number of imidazole rings is 1. The molecular weight excluding hydrogens is 272 g/mol. The average Bonchev–Trinajstić information content (AvgIpc) is 3.10. The maximum Gasteiger partial charge on any atom is 0.147 e. The summed E-state index contributed by atoms with van der Waals surface area (Å²) in [5.41, 5.74) is 2.11. The van der Waals surface area contributed by atoms with E-state index in [0.717, 1.165) is 28.5 Å². The Bertz CT molecular complexity index is 608. The van der Waals surface area contributed by atoms with E-state index in [1.165, 1.54) is 19.3 Å². The van der Waals surface area contributed by atoms with Crippen LogP contribution in [0.3, 0.4) is 0 Å². The van der Waals surface area contributed by atoms with Gasteiger partial charge in [-0.2, -0.15) is 0 Å². The van der Waals surface area contributed by atoms with E-state index in [2.05, 4.69) is 17.6 Å². The molecule has 1 saturated carbocycles. The van der Waals surface area contributed by atoms with Crippen molar-refractivity contribution in [1.82, 2.24) is 9.55 Å². The first-order valence-electron chi connectivity index (χ1n) is 7.48. The number of benzene rings is 1. The van der Waals surface area contributed by atoms with E-state index in [4.69, 9.17) is 21.3 Å². The summed E-state index contributed by atoms with van der Waals surface area (Å²) in [5.74, 6) is 3.07. The number of aromatic nitrogens is 2. The van der Waals surface area contributed by atoms with E-state index in [1.54, 1.807) is 0 Å². The minimum atomic E-state index is 0.454. The summed E-state index contributed by atoms with van der Waals surface area (Å²) in [6.07, 6.45) is 3.79. The zero-order chi connectivity index (χ0) is 14.1. The van der Waals surface area contributed by atoms with E-state index >= 15 is 0 Å². The van der Waals surface area contributed by atoms with Crippen molar-refractivity contribution in [2.75, 3.05) is 6.61 Å². The van der Waals surface area contributed by atoms with E-state index in [1.807, 2.05) is 19.1 Å². The second-order valence-electron chi connectivity index (χ2n) is 5.44. The highest BCUT2D eigenvalue weighted by Crippen LogP contribution is 2.49. The number of nitrogens with zero attached hydrogens (tertiary/aromatic N) is 2. The highest BCUT2D eigenvalue weighted by molar-refractivity contribution is 6.16. The van der Waals surface area contributed by atoms with E-state index in [-0.39, 0.29) is 0 Å². The van der Waals surface area contributed by atoms with Gasteiger partial charge in [0, 0.05) is 6.04 Å². The number of halogens is 1. The van der Waals surface area contributed by atoms with E-state index < -0.39 is 0 Å². The fourth-order valence-electron chi connectivity index (χ4n) is 3.10. The third-order valence-electron chi connectivity index (χ3n) is 4.05. The molecule has 20 heavy (non-hydrogen) atoms. The molecule has 108 valence electrons. The van der Waals surface area contributed by atoms with Gasteiger partial charge in [0.15, 0.2) is 0 Å². The Morgan fingerprint density at radius 1 is 1.40 bits per heavy atom. The largest absolute Gasteiger partial charge is 0.492 e. The smallest absolute Gasteiger partial charge is 0.147 e. The molecule has 3 rings (SSSR count). The molecule has 1 aliphatic rings. The van der Waals surface area contributed by atoms with Gasteiger partial charge >= 0.3 is 0 Å². The first-order valence-corrected chi connectivity index (χ1v) is 8.02. The van der Waals surface area contributed by atoms with Crippen LogP contribution in [0.1, 0.15) is 45.0 Å². The van der Waals surface area contributed by atoms with Crippen LogP contribution in [-0.2, 0) is 5.88 Å². The first kappa shape index (κ1) is 13.7. The maximum absolute atomic E-state index is 6.11. The van der Waals surface area contributed by atoms with Gasteiger partial charge in [-0.25, -0.2) is 4.98 Å². The Morgan fingerprint density at radius 2 is 2.25 bits per heavy atom. The van der Waals surface area contributed by atoms with Crippen LogP contribution in [-0.4, -0.2) is 16.2 Å². The summed E-state index contributed by atoms with van der Waals surface area (Å²) in [4.78, 5) is 4.71. The van der Waals surface area contributed by atoms with Crippen molar-refractivity contribution < 1.29 is 4.74 Å². The molecule has 0 saturated heterocycles. The third kappa shape index (κ3) is 2.28.